The molecule has 0 bridgehead atoms. The highest BCUT2D eigenvalue weighted by Gasteiger charge is 2.09. The maximum atomic E-state index is 11.2. The van der Waals surface area contributed by atoms with E-state index in [4.69, 9.17) is 4.52 Å². The molecule has 1 N–H and O–H groups in total. The van der Waals surface area contributed by atoms with Crippen molar-refractivity contribution in [3.05, 3.63) is 17.0 Å². The van der Waals surface area contributed by atoms with Crippen LogP contribution >= 0.6 is 0 Å². The number of aryl methyl sites for hydroxylation is 2. The summed E-state index contributed by atoms with van der Waals surface area (Å²) in [6, 6.07) is -0.0817. The van der Waals surface area contributed by atoms with Crippen molar-refractivity contribution in [3.8, 4) is 0 Å². The Labute approximate surface area is 89.4 Å². The highest BCUT2D eigenvalue weighted by atomic mass is 16.5. The van der Waals surface area contributed by atoms with Gasteiger partial charge in [0.1, 0.15) is 5.76 Å². The van der Waals surface area contributed by atoms with Crippen LogP contribution in [0.5, 0.6) is 0 Å². The first-order chi connectivity index (χ1) is 7.02. The second kappa shape index (κ2) is 4.82. The molecule has 5 heteroatoms. The lowest BCUT2D eigenvalue weighted by Crippen LogP contribution is -2.35. The number of nitrogens with zero attached hydrogens (tertiary/aromatic N) is 2. The van der Waals surface area contributed by atoms with Crippen LogP contribution in [0, 0.1) is 13.8 Å². The van der Waals surface area contributed by atoms with Crippen LogP contribution in [0.15, 0.2) is 4.52 Å². The van der Waals surface area contributed by atoms with E-state index in [-0.39, 0.29) is 6.03 Å². The fourth-order valence-electron chi connectivity index (χ4n) is 1.31. The van der Waals surface area contributed by atoms with Crippen LogP contribution in [0.1, 0.15) is 17.0 Å². The van der Waals surface area contributed by atoms with Gasteiger partial charge < -0.3 is 14.7 Å². The first kappa shape index (κ1) is 11.6. The fourth-order valence-corrected chi connectivity index (χ4v) is 1.31. The van der Waals surface area contributed by atoms with Gasteiger partial charge in [-0.3, -0.25) is 0 Å². The molecule has 0 fully saturated rings. The van der Waals surface area contributed by atoms with Gasteiger partial charge in [-0.1, -0.05) is 5.16 Å². The van der Waals surface area contributed by atoms with Crippen molar-refractivity contribution in [1.82, 2.24) is 15.4 Å². The number of aromatic nitrogens is 1. The highest BCUT2D eigenvalue weighted by molar-refractivity contribution is 5.73. The van der Waals surface area contributed by atoms with Crippen LogP contribution in [0.4, 0.5) is 4.79 Å². The van der Waals surface area contributed by atoms with Crippen molar-refractivity contribution >= 4 is 6.03 Å². The molecule has 1 aromatic heterocycles. The summed E-state index contributed by atoms with van der Waals surface area (Å²) in [4.78, 5) is 12.7. The third-order valence-corrected chi connectivity index (χ3v) is 2.24. The van der Waals surface area contributed by atoms with Crippen LogP contribution in [0.25, 0.3) is 0 Å². The number of hydrogen-bond donors (Lipinski definition) is 1. The molecule has 15 heavy (non-hydrogen) atoms. The highest BCUT2D eigenvalue weighted by Crippen LogP contribution is 2.11. The van der Waals surface area contributed by atoms with Gasteiger partial charge in [0.05, 0.1) is 5.69 Å². The minimum Gasteiger partial charge on any atom is -0.361 e. The molecule has 5 nitrogen and oxygen atoms in total. The Morgan fingerprint density at radius 3 is 2.60 bits per heavy atom. The quantitative estimate of drug-likeness (QED) is 0.814. The van der Waals surface area contributed by atoms with Crippen molar-refractivity contribution in [2.24, 2.45) is 0 Å². The molecule has 1 rings (SSSR count). The third-order valence-electron chi connectivity index (χ3n) is 2.24. The van der Waals surface area contributed by atoms with Crippen LogP contribution in [-0.4, -0.2) is 36.7 Å². The predicted octanol–water partition coefficient (Wildman–Crippen LogP) is 1.11. The zero-order chi connectivity index (χ0) is 11.4. The zero-order valence-electron chi connectivity index (χ0n) is 9.63. The lowest BCUT2D eigenvalue weighted by Gasteiger charge is -2.11. The second-order valence-electron chi connectivity index (χ2n) is 3.68. The molecular formula is C10H17N3O2. The molecule has 0 saturated heterocycles. The summed E-state index contributed by atoms with van der Waals surface area (Å²) in [6.45, 7) is 4.38. The van der Waals surface area contributed by atoms with E-state index in [1.54, 1.807) is 14.1 Å². The van der Waals surface area contributed by atoms with Crippen molar-refractivity contribution in [1.29, 1.82) is 0 Å². The van der Waals surface area contributed by atoms with Gasteiger partial charge in [-0.25, -0.2) is 4.79 Å². The minimum atomic E-state index is -0.0817. The largest absolute Gasteiger partial charge is 0.361 e. The van der Waals surface area contributed by atoms with E-state index in [1.807, 2.05) is 13.8 Å². The fraction of sp³-hybridized carbons (Fsp3) is 0.600. The summed E-state index contributed by atoms with van der Waals surface area (Å²) in [5, 5.41) is 6.64. The van der Waals surface area contributed by atoms with Crippen molar-refractivity contribution in [3.63, 3.8) is 0 Å². The van der Waals surface area contributed by atoms with Gasteiger partial charge >= 0.3 is 6.03 Å². The smallest absolute Gasteiger partial charge is 0.316 e. The molecule has 0 unspecified atom stereocenters. The number of carbonyl (C=O) groups excluding carboxylic acids is 1. The van der Waals surface area contributed by atoms with Crippen LogP contribution in [0.3, 0.4) is 0 Å². The number of rotatable bonds is 3. The lowest BCUT2D eigenvalue weighted by atomic mass is 10.1. The molecule has 0 aromatic carbocycles. The average Bonchev–Trinajstić information content (AvgIpc) is 2.48. The molecule has 1 aromatic rings. The summed E-state index contributed by atoms with van der Waals surface area (Å²) in [6.07, 6.45) is 0.751. The van der Waals surface area contributed by atoms with E-state index in [0.717, 1.165) is 23.4 Å². The van der Waals surface area contributed by atoms with Gasteiger partial charge in [-0.05, 0) is 20.3 Å². The van der Waals surface area contributed by atoms with E-state index < -0.39 is 0 Å². The van der Waals surface area contributed by atoms with Crippen molar-refractivity contribution in [2.45, 2.75) is 20.3 Å². The molecule has 0 spiro atoms. The normalized spacial score (nSPS) is 10.1. The maximum Gasteiger partial charge on any atom is 0.316 e. The summed E-state index contributed by atoms with van der Waals surface area (Å²) < 4.78 is 5.03. The monoisotopic (exact) mass is 211 g/mol. The molecule has 2 amide bonds. The van der Waals surface area contributed by atoms with Gasteiger partial charge in [0.2, 0.25) is 0 Å². The van der Waals surface area contributed by atoms with Gasteiger partial charge in [0.15, 0.2) is 0 Å². The molecule has 84 valence electrons. The van der Waals surface area contributed by atoms with Crippen LogP contribution < -0.4 is 5.32 Å². The standard InChI is InChI=1S/C10H17N3O2/c1-7-9(8(2)15-12-7)5-6-11-10(14)13(3)4/h5-6H2,1-4H3,(H,11,14). The average molecular weight is 211 g/mol. The Bertz CT molecular complexity index is 325. The Hall–Kier alpha value is -1.52. The Kier molecular flexibility index (Phi) is 3.71. The van der Waals surface area contributed by atoms with Crippen molar-refractivity contribution in [2.75, 3.05) is 20.6 Å². The molecule has 0 saturated carbocycles. The molecule has 0 radical (unpaired) electrons. The maximum absolute atomic E-state index is 11.2. The number of hydrogen-bond acceptors (Lipinski definition) is 3. The topological polar surface area (TPSA) is 58.4 Å². The van der Waals surface area contributed by atoms with E-state index >= 15 is 0 Å². The number of amides is 2. The Balaban J connectivity index is 2.41. The number of carbonyl (C=O) groups is 1. The van der Waals surface area contributed by atoms with Crippen molar-refractivity contribution < 1.29 is 9.32 Å². The van der Waals surface area contributed by atoms with E-state index in [1.165, 1.54) is 4.90 Å². The first-order valence-corrected chi connectivity index (χ1v) is 4.89. The SMILES string of the molecule is Cc1noc(C)c1CCNC(=O)N(C)C. The molecule has 0 aliphatic carbocycles. The summed E-state index contributed by atoms with van der Waals surface area (Å²) >= 11 is 0. The molecule has 0 atom stereocenters. The molecule has 0 aliphatic rings. The lowest BCUT2D eigenvalue weighted by molar-refractivity contribution is 0.217. The summed E-state index contributed by atoms with van der Waals surface area (Å²) in [5.41, 5.74) is 1.97. The zero-order valence-corrected chi connectivity index (χ0v) is 9.63. The number of urea groups is 1. The van der Waals surface area contributed by atoms with Gasteiger partial charge in [0, 0.05) is 26.2 Å². The Morgan fingerprint density at radius 2 is 2.13 bits per heavy atom. The predicted molar refractivity (Wildman–Crippen MR) is 56.8 cm³/mol. The Morgan fingerprint density at radius 1 is 1.47 bits per heavy atom. The third kappa shape index (κ3) is 2.97. The van der Waals surface area contributed by atoms with E-state index in [0.29, 0.717) is 6.54 Å². The van der Waals surface area contributed by atoms with E-state index in [9.17, 15) is 4.79 Å². The van der Waals surface area contributed by atoms with Gasteiger partial charge in [-0.15, -0.1) is 0 Å². The van der Waals surface area contributed by atoms with Gasteiger partial charge in [0.25, 0.3) is 0 Å². The summed E-state index contributed by atoms with van der Waals surface area (Å²) in [7, 11) is 3.43. The summed E-state index contributed by atoms with van der Waals surface area (Å²) in [5.74, 6) is 0.826. The van der Waals surface area contributed by atoms with Crippen LogP contribution in [-0.2, 0) is 6.42 Å². The molecule has 1 heterocycles. The molecular weight excluding hydrogens is 194 g/mol. The van der Waals surface area contributed by atoms with Crippen LogP contribution in [0.2, 0.25) is 0 Å². The first-order valence-electron chi connectivity index (χ1n) is 4.89. The van der Waals surface area contributed by atoms with Gasteiger partial charge in [-0.2, -0.15) is 0 Å². The van der Waals surface area contributed by atoms with E-state index in [2.05, 4.69) is 10.5 Å². The molecule has 0 aliphatic heterocycles. The number of nitrogens with one attached hydrogen (secondary N) is 1. The minimum absolute atomic E-state index is 0.0817. The second-order valence-corrected chi connectivity index (χ2v) is 3.68.